The van der Waals surface area contributed by atoms with Gasteiger partial charge in [-0.15, -0.1) is 0 Å². The summed E-state index contributed by atoms with van der Waals surface area (Å²) in [6, 6.07) is 6.24. The van der Waals surface area contributed by atoms with Gasteiger partial charge in [0.1, 0.15) is 11.6 Å². The number of hydrogen-bond donors (Lipinski definition) is 0. The summed E-state index contributed by atoms with van der Waals surface area (Å²) in [6.07, 6.45) is 3.11. The zero-order valence-electron chi connectivity index (χ0n) is 8.86. The van der Waals surface area contributed by atoms with Crippen LogP contribution in [0, 0.1) is 11.6 Å². The Labute approximate surface area is 96.9 Å². The van der Waals surface area contributed by atoms with E-state index in [1.807, 2.05) is 0 Å². The van der Waals surface area contributed by atoms with Gasteiger partial charge in [-0.2, -0.15) is 0 Å². The third kappa shape index (κ3) is 2.72. The third-order valence-corrected chi connectivity index (χ3v) is 2.32. The van der Waals surface area contributed by atoms with Crippen LogP contribution in [0.1, 0.15) is 15.9 Å². The van der Waals surface area contributed by atoms with Gasteiger partial charge in [0, 0.05) is 18.8 Å². The van der Waals surface area contributed by atoms with Gasteiger partial charge in [0.25, 0.3) is 0 Å². The summed E-state index contributed by atoms with van der Waals surface area (Å²) in [6.45, 7) is 0. The van der Waals surface area contributed by atoms with Gasteiger partial charge in [0.15, 0.2) is 5.78 Å². The fourth-order valence-corrected chi connectivity index (χ4v) is 1.49. The Hall–Kier alpha value is -2.10. The highest BCUT2D eigenvalue weighted by molar-refractivity contribution is 5.97. The average Bonchev–Trinajstić information content (AvgIpc) is 2.33. The summed E-state index contributed by atoms with van der Waals surface area (Å²) in [5.74, 6) is -1.80. The molecule has 0 N–H and O–H groups in total. The average molecular weight is 233 g/mol. The largest absolute Gasteiger partial charge is 0.294 e. The summed E-state index contributed by atoms with van der Waals surface area (Å²) in [4.78, 5) is 15.6. The molecule has 86 valence electrons. The molecule has 0 bridgehead atoms. The highest BCUT2D eigenvalue weighted by Crippen LogP contribution is 2.12. The summed E-state index contributed by atoms with van der Waals surface area (Å²) in [7, 11) is 0. The number of nitrogens with zero attached hydrogens (tertiary/aromatic N) is 1. The van der Waals surface area contributed by atoms with Crippen LogP contribution in [0.15, 0.2) is 42.7 Å². The molecule has 1 heterocycles. The molecule has 0 fully saturated rings. The van der Waals surface area contributed by atoms with Crippen LogP contribution in [0.4, 0.5) is 8.78 Å². The van der Waals surface area contributed by atoms with Crippen molar-refractivity contribution in [2.75, 3.05) is 0 Å². The predicted molar refractivity (Wildman–Crippen MR) is 58.6 cm³/mol. The quantitative estimate of drug-likeness (QED) is 0.763. The molecule has 0 aliphatic heterocycles. The molecule has 17 heavy (non-hydrogen) atoms. The SMILES string of the molecule is O=C(Cc1cccnc1)c1cc(F)ccc1F. The normalized spacial score (nSPS) is 10.2. The van der Waals surface area contributed by atoms with Crippen LogP contribution in [-0.2, 0) is 6.42 Å². The highest BCUT2D eigenvalue weighted by Gasteiger charge is 2.13. The Bertz CT molecular complexity index is 540. The van der Waals surface area contributed by atoms with Crippen LogP contribution < -0.4 is 0 Å². The first kappa shape index (κ1) is 11.4. The van der Waals surface area contributed by atoms with E-state index in [-0.39, 0.29) is 12.0 Å². The van der Waals surface area contributed by atoms with E-state index in [0.717, 1.165) is 18.2 Å². The maximum atomic E-state index is 13.3. The van der Waals surface area contributed by atoms with Crippen molar-refractivity contribution in [1.29, 1.82) is 0 Å². The Morgan fingerprint density at radius 2 is 2.06 bits per heavy atom. The van der Waals surface area contributed by atoms with Crippen molar-refractivity contribution in [1.82, 2.24) is 4.98 Å². The van der Waals surface area contributed by atoms with E-state index in [4.69, 9.17) is 0 Å². The third-order valence-electron chi connectivity index (χ3n) is 2.32. The summed E-state index contributed by atoms with van der Waals surface area (Å²) in [5.41, 5.74) is 0.440. The van der Waals surface area contributed by atoms with Gasteiger partial charge in [-0.1, -0.05) is 6.07 Å². The molecule has 0 unspecified atom stereocenters. The molecule has 0 aliphatic rings. The zero-order chi connectivity index (χ0) is 12.3. The number of halogens is 2. The van der Waals surface area contributed by atoms with Crippen LogP contribution >= 0.6 is 0 Å². The van der Waals surface area contributed by atoms with E-state index in [9.17, 15) is 13.6 Å². The fourth-order valence-electron chi connectivity index (χ4n) is 1.49. The monoisotopic (exact) mass is 233 g/mol. The molecule has 2 aromatic rings. The standard InChI is InChI=1S/C13H9F2NO/c14-10-3-4-12(15)11(7-10)13(17)6-9-2-1-5-16-8-9/h1-5,7-8H,6H2. The van der Waals surface area contributed by atoms with Crippen LogP contribution in [0.2, 0.25) is 0 Å². The molecule has 0 amide bonds. The van der Waals surface area contributed by atoms with Crippen molar-refractivity contribution in [3.8, 4) is 0 Å². The van der Waals surface area contributed by atoms with Gasteiger partial charge in [-0.3, -0.25) is 9.78 Å². The summed E-state index contributed by atoms with van der Waals surface area (Å²) < 4.78 is 26.2. The molecule has 0 aliphatic carbocycles. The van der Waals surface area contributed by atoms with Gasteiger partial charge in [-0.05, 0) is 29.8 Å². The number of carbonyl (C=O) groups excluding carboxylic acids is 1. The van der Waals surface area contributed by atoms with Gasteiger partial charge in [0.2, 0.25) is 0 Å². The number of aromatic nitrogens is 1. The minimum absolute atomic E-state index is 0.00815. The van der Waals surface area contributed by atoms with Crippen LogP contribution in [0.5, 0.6) is 0 Å². The minimum Gasteiger partial charge on any atom is -0.294 e. The lowest BCUT2D eigenvalue weighted by Crippen LogP contribution is -2.06. The molecule has 0 atom stereocenters. The minimum atomic E-state index is -0.708. The molecule has 0 saturated carbocycles. The molecule has 0 saturated heterocycles. The van der Waals surface area contributed by atoms with Crippen LogP contribution in [0.25, 0.3) is 0 Å². The van der Waals surface area contributed by atoms with Crippen LogP contribution in [-0.4, -0.2) is 10.8 Å². The van der Waals surface area contributed by atoms with Gasteiger partial charge < -0.3 is 0 Å². The van der Waals surface area contributed by atoms with E-state index < -0.39 is 17.4 Å². The van der Waals surface area contributed by atoms with E-state index in [2.05, 4.69) is 4.98 Å². The molecule has 2 rings (SSSR count). The second-order valence-electron chi connectivity index (χ2n) is 3.59. The smallest absolute Gasteiger partial charge is 0.170 e. The van der Waals surface area contributed by atoms with E-state index in [1.54, 1.807) is 18.3 Å². The van der Waals surface area contributed by atoms with Crippen molar-refractivity contribution >= 4 is 5.78 Å². The van der Waals surface area contributed by atoms with Crippen molar-refractivity contribution in [2.45, 2.75) is 6.42 Å². The Morgan fingerprint density at radius 1 is 1.24 bits per heavy atom. The van der Waals surface area contributed by atoms with Gasteiger partial charge in [0.05, 0.1) is 5.56 Å². The first-order valence-electron chi connectivity index (χ1n) is 5.04. The molecule has 2 nitrogen and oxygen atoms in total. The predicted octanol–water partition coefficient (Wildman–Crippen LogP) is 2.79. The molecule has 0 radical (unpaired) electrons. The van der Waals surface area contributed by atoms with E-state index in [1.165, 1.54) is 6.20 Å². The maximum Gasteiger partial charge on any atom is 0.170 e. The van der Waals surface area contributed by atoms with Crippen molar-refractivity contribution in [3.63, 3.8) is 0 Å². The molecular weight excluding hydrogens is 224 g/mol. The van der Waals surface area contributed by atoms with Crippen molar-refractivity contribution in [3.05, 3.63) is 65.5 Å². The molecule has 4 heteroatoms. The molecular formula is C13H9F2NO. The fraction of sp³-hybridized carbons (Fsp3) is 0.0769. The number of benzene rings is 1. The van der Waals surface area contributed by atoms with Crippen molar-refractivity contribution < 1.29 is 13.6 Å². The lowest BCUT2D eigenvalue weighted by atomic mass is 10.0. The maximum absolute atomic E-state index is 13.3. The number of ketones is 1. The number of Topliss-reactive ketones (excluding diaryl/α,β-unsaturated/α-hetero) is 1. The Balaban J connectivity index is 2.23. The second kappa shape index (κ2) is 4.82. The number of carbonyl (C=O) groups is 1. The topological polar surface area (TPSA) is 30.0 Å². The number of pyridine rings is 1. The lowest BCUT2D eigenvalue weighted by Gasteiger charge is -2.02. The first-order valence-corrected chi connectivity index (χ1v) is 5.04. The first-order chi connectivity index (χ1) is 8.16. The number of rotatable bonds is 3. The molecule has 1 aromatic carbocycles. The summed E-state index contributed by atoms with van der Waals surface area (Å²) in [5, 5.41) is 0. The Kier molecular flexibility index (Phi) is 3.23. The van der Waals surface area contributed by atoms with E-state index in [0.29, 0.717) is 5.56 Å². The molecule has 1 aromatic heterocycles. The van der Waals surface area contributed by atoms with Crippen LogP contribution in [0.3, 0.4) is 0 Å². The van der Waals surface area contributed by atoms with Crippen molar-refractivity contribution in [2.24, 2.45) is 0 Å². The highest BCUT2D eigenvalue weighted by atomic mass is 19.1. The van der Waals surface area contributed by atoms with Gasteiger partial charge in [-0.25, -0.2) is 8.78 Å². The van der Waals surface area contributed by atoms with E-state index >= 15 is 0 Å². The summed E-state index contributed by atoms with van der Waals surface area (Å²) >= 11 is 0. The molecule has 0 spiro atoms. The zero-order valence-corrected chi connectivity index (χ0v) is 8.86. The second-order valence-corrected chi connectivity index (χ2v) is 3.59. The Morgan fingerprint density at radius 3 is 2.76 bits per heavy atom. The number of hydrogen-bond acceptors (Lipinski definition) is 2. The van der Waals surface area contributed by atoms with Gasteiger partial charge >= 0.3 is 0 Å². The lowest BCUT2D eigenvalue weighted by molar-refractivity contribution is 0.0988.